The van der Waals surface area contributed by atoms with Crippen LogP contribution in [0.5, 0.6) is 5.75 Å². The minimum absolute atomic E-state index is 0.0361. The molecule has 2 aromatic rings. The number of nitrogens with zero attached hydrogens (tertiary/aromatic N) is 1. The normalized spacial score (nSPS) is 17.4. The highest BCUT2D eigenvalue weighted by Gasteiger charge is 2.24. The fourth-order valence-corrected chi connectivity index (χ4v) is 3.95. The van der Waals surface area contributed by atoms with Crippen molar-refractivity contribution in [2.45, 2.75) is 6.92 Å². The van der Waals surface area contributed by atoms with Crippen LogP contribution in [0.3, 0.4) is 0 Å². The van der Waals surface area contributed by atoms with Gasteiger partial charge in [-0.25, -0.2) is 4.99 Å². The molecule has 1 fully saturated rings. The molecule has 0 bridgehead atoms. The Kier molecular flexibility index (Phi) is 5.43. The molecule has 128 valence electrons. The molecular formula is C17H11BrCl2N2O2S. The zero-order valence-corrected chi connectivity index (χ0v) is 16.7. The summed E-state index contributed by atoms with van der Waals surface area (Å²) >= 11 is 16.5. The van der Waals surface area contributed by atoms with Crippen LogP contribution in [0.4, 0.5) is 5.69 Å². The highest BCUT2D eigenvalue weighted by atomic mass is 79.9. The third kappa shape index (κ3) is 4.03. The molecule has 0 radical (unpaired) electrons. The SMILES string of the molecule is Cc1c(Cl)cccc1N=C1NC(=O)/C(=C\c2cc(Cl)c(O)c(Br)c2)S1. The van der Waals surface area contributed by atoms with Crippen LogP contribution in [-0.2, 0) is 4.79 Å². The average molecular weight is 458 g/mol. The number of aliphatic imine (C=N–C) groups is 1. The van der Waals surface area contributed by atoms with Gasteiger partial charge in [0.05, 0.1) is 20.1 Å². The van der Waals surface area contributed by atoms with Gasteiger partial charge in [-0.2, -0.15) is 0 Å². The lowest BCUT2D eigenvalue weighted by Gasteiger charge is -2.03. The maximum Gasteiger partial charge on any atom is 0.264 e. The summed E-state index contributed by atoms with van der Waals surface area (Å²) in [6, 6.07) is 8.69. The number of nitrogens with one attached hydrogen (secondary N) is 1. The number of carbonyl (C=O) groups is 1. The largest absolute Gasteiger partial charge is 0.505 e. The summed E-state index contributed by atoms with van der Waals surface area (Å²) in [7, 11) is 0. The first kappa shape index (κ1) is 18.3. The summed E-state index contributed by atoms with van der Waals surface area (Å²) in [5, 5.41) is 13.7. The Morgan fingerprint density at radius 3 is 2.76 bits per heavy atom. The van der Waals surface area contributed by atoms with Crippen molar-refractivity contribution >= 4 is 73.7 Å². The molecule has 0 unspecified atom stereocenters. The molecule has 1 aliphatic heterocycles. The number of amides is 1. The molecule has 4 nitrogen and oxygen atoms in total. The van der Waals surface area contributed by atoms with E-state index in [1.54, 1.807) is 24.3 Å². The number of phenols is 1. The third-order valence-electron chi connectivity index (χ3n) is 3.45. The Bertz CT molecular complexity index is 921. The predicted molar refractivity (Wildman–Crippen MR) is 108 cm³/mol. The highest BCUT2D eigenvalue weighted by molar-refractivity contribution is 9.10. The zero-order valence-electron chi connectivity index (χ0n) is 12.8. The van der Waals surface area contributed by atoms with Crippen molar-refractivity contribution in [2.24, 2.45) is 4.99 Å². The molecule has 8 heteroatoms. The minimum atomic E-state index is -0.247. The van der Waals surface area contributed by atoms with Gasteiger partial charge in [0.2, 0.25) is 0 Å². The summed E-state index contributed by atoms with van der Waals surface area (Å²) in [4.78, 5) is 17.1. The van der Waals surface area contributed by atoms with Gasteiger partial charge in [0.15, 0.2) is 5.17 Å². The van der Waals surface area contributed by atoms with Crippen LogP contribution in [0, 0.1) is 6.92 Å². The minimum Gasteiger partial charge on any atom is -0.505 e. The second-order valence-corrected chi connectivity index (χ2v) is 7.90. The van der Waals surface area contributed by atoms with Crippen LogP contribution in [0.1, 0.15) is 11.1 Å². The third-order valence-corrected chi connectivity index (χ3v) is 5.66. The van der Waals surface area contributed by atoms with Crippen molar-refractivity contribution in [3.63, 3.8) is 0 Å². The van der Waals surface area contributed by atoms with E-state index in [-0.39, 0.29) is 16.7 Å². The molecular weight excluding hydrogens is 447 g/mol. The fourth-order valence-electron chi connectivity index (χ4n) is 2.13. The van der Waals surface area contributed by atoms with Crippen LogP contribution in [0.2, 0.25) is 10.0 Å². The van der Waals surface area contributed by atoms with E-state index >= 15 is 0 Å². The Morgan fingerprint density at radius 2 is 2.04 bits per heavy atom. The van der Waals surface area contributed by atoms with E-state index in [1.165, 1.54) is 11.8 Å². The van der Waals surface area contributed by atoms with Crippen LogP contribution in [-0.4, -0.2) is 16.2 Å². The molecule has 1 saturated heterocycles. The molecule has 1 amide bonds. The van der Waals surface area contributed by atoms with Gasteiger partial charge in [-0.1, -0.05) is 29.3 Å². The molecule has 0 spiro atoms. The molecule has 0 saturated carbocycles. The number of rotatable bonds is 2. The Hall–Kier alpha value is -1.47. The molecule has 2 N–H and O–H groups in total. The number of benzene rings is 2. The van der Waals surface area contributed by atoms with E-state index in [9.17, 15) is 9.90 Å². The molecule has 25 heavy (non-hydrogen) atoms. The van der Waals surface area contributed by atoms with Crippen molar-refractivity contribution < 1.29 is 9.90 Å². The number of hydrogen-bond acceptors (Lipinski definition) is 4. The number of aromatic hydroxyl groups is 1. The Labute approximate surface area is 167 Å². The summed E-state index contributed by atoms with van der Waals surface area (Å²) in [6.07, 6.45) is 1.68. The Balaban J connectivity index is 1.90. The van der Waals surface area contributed by atoms with Crippen LogP contribution in [0.15, 0.2) is 44.7 Å². The lowest BCUT2D eigenvalue weighted by molar-refractivity contribution is -0.115. The van der Waals surface area contributed by atoms with E-state index in [2.05, 4.69) is 26.2 Å². The van der Waals surface area contributed by atoms with Crippen molar-refractivity contribution in [1.29, 1.82) is 0 Å². The van der Waals surface area contributed by atoms with E-state index in [0.717, 1.165) is 5.56 Å². The lowest BCUT2D eigenvalue weighted by Crippen LogP contribution is -2.19. The summed E-state index contributed by atoms with van der Waals surface area (Å²) in [6.45, 7) is 1.87. The second kappa shape index (κ2) is 7.41. The highest BCUT2D eigenvalue weighted by Crippen LogP contribution is 2.35. The molecule has 0 aliphatic carbocycles. The molecule has 0 atom stereocenters. The zero-order chi connectivity index (χ0) is 18.1. The van der Waals surface area contributed by atoms with Gasteiger partial charge in [-0.3, -0.25) is 4.79 Å². The quantitative estimate of drug-likeness (QED) is 0.571. The van der Waals surface area contributed by atoms with Crippen LogP contribution >= 0.6 is 50.9 Å². The molecule has 0 aromatic heterocycles. The predicted octanol–water partition coefficient (Wildman–Crippen LogP) is 5.66. The molecule has 2 aromatic carbocycles. The molecule has 1 heterocycles. The topological polar surface area (TPSA) is 61.7 Å². The van der Waals surface area contributed by atoms with Gasteiger partial charge in [-0.05, 0) is 76.1 Å². The maximum atomic E-state index is 12.2. The summed E-state index contributed by atoms with van der Waals surface area (Å²) in [5.74, 6) is -0.283. The number of hydrogen-bond donors (Lipinski definition) is 2. The van der Waals surface area contributed by atoms with E-state index in [1.807, 2.05) is 19.1 Å². The lowest BCUT2D eigenvalue weighted by atomic mass is 10.2. The van der Waals surface area contributed by atoms with E-state index in [4.69, 9.17) is 23.2 Å². The van der Waals surface area contributed by atoms with Gasteiger partial charge >= 0.3 is 0 Å². The van der Waals surface area contributed by atoms with Gasteiger partial charge in [0.1, 0.15) is 5.75 Å². The summed E-state index contributed by atoms with van der Waals surface area (Å²) < 4.78 is 0.457. The summed E-state index contributed by atoms with van der Waals surface area (Å²) in [5.41, 5.74) is 2.23. The van der Waals surface area contributed by atoms with Gasteiger partial charge < -0.3 is 10.4 Å². The second-order valence-electron chi connectivity index (χ2n) is 5.20. The van der Waals surface area contributed by atoms with Gasteiger partial charge in [0, 0.05) is 5.02 Å². The maximum absolute atomic E-state index is 12.2. The number of halogens is 3. The average Bonchev–Trinajstić information content (AvgIpc) is 2.89. The first-order chi connectivity index (χ1) is 11.8. The van der Waals surface area contributed by atoms with E-state index in [0.29, 0.717) is 30.8 Å². The van der Waals surface area contributed by atoms with Crippen molar-refractivity contribution in [1.82, 2.24) is 5.32 Å². The number of phenolic OH excluding ortho intramolecular Hbond substituents is 1. The number of thioether (sulfide) groups is 1. The van der Waals surface area contributed by atoms with Crippen molar-refractivity contribution in [2.75, 3.05) is 0 Å². The first-order valence-corrected chi connectivity index (χ1v) is 9.44. The van der Waals surface area contributed by atoms with Crippen molar-refractivity contribution in [3.8, 4) is 5.75 Å². The number of amidine groups is 1. The smallest absolute Gasteiger partial charge is 0.264 e. The molecule has 1 aliphatic rings. The monoisotopic (exact) mass is 456 g/mol. The van der Waals surface area contributed by atoms with Crippen molar-refractivity contribution in [3.05, 3.63) is 60.9 Å². The Morgan fingerprint density at radius 1 is 1.28 bits per heavy atom. The fraction of sp³-hybridized carbons (Fsp3) is 0.0588. The van der Waals surface area contributed by atoms with E-state index < -0.39 is 0 Å². The standard InChI is InChI=1S/C17H11BrCl2N2O2S/c1-8-11(19)3-2-4-13(8)21-17-22-16(24)14(25-17)7-9-5-10(18)15(23)12(20)6-9/h2-7,23H,1H3,(H,21,22,24)/b14-7+. The van der Waals surface area contributed by atoms with Crippen LogP contribution < -0.4 is 5.32 Å². The van der Waals surface area contributed by atoms with Gasteiger partial charge in [-0.15, -0.1) is 0 Å². The first-order valence-electron chi connectivity index (χ1n) is 7.08. The van der Waals surface area contributed by atoms with Crippen LogP contribution in [0.25, 0.3) is 6.08 Å². The number of carbonyl (C=O) groups excluding carboxylic acids is 1. The molecule has 3 rings (SSSR count). The van der Waals surface area contributed by atoms with Gasteiger partial charge in [0.25, 0.3) is 5.91 Å².